The van der Waals surface area contributed by atoms with Crippen LogP contribution in [0.5, 0.6) is 11.5 Å². The summed E-state index contributed by atoms with van der Waals surface area (Å²) >= 11 is 0. The monoisotopic (exact) mass is 426 g/mol. The van der Waals surface area contributed by atoms with Gasteiger partial charge in [-0.2, -0.15) is 13.2 Å². The zero-order valence-corrected chi connectivity index (χ0v) is 17.0. The van der Waals surface area contributed by atoms with Gasteiger partial charge in [0.15, 0.2) is 5.96 Å². The van der Waals surface area contributed by atoms with Gasteiger partial charge in [-0.1, -0.05) is 6.07 Å². The van der Waals surface area contributed by atoms with E-state index in [1.807, 2.05) is 25.1 Å². The number of aromatic nitrogens is 2. The van der Waals surface area contributed by atoms with Crippen molar-refractivity contribution in [2.24, 2.45) is 4.99 Å². The summed E-state index contributed by atoms with van der Waals surface area (Å²) in [6.07, 6.45) is -3.59. The van der Waals surface area contributed by atoms with E-state index in [-0.39, 0.29) is 12.1 Å². The van der Waals surface area contributed by atoms with Crippen LogP contribution in [0.4, 0.5) is 19.1 Å². The van der Waals surface area contributed by atoms with Gasteiger partial charge in [0.25, 0.3) is 0 Å². The molecule has 0 bridgehead atoms. The van der Waals surface area contributed by atoms with Crippen molar-refractivity contribution in [2.45, 2.75) is 19.2 Å². The Labute approximate surface area is 172 Å². The van der Waals surface area contributed by atoms with Crippen LogP contribution in [0.15, 0.2) is 41.5 Å². The normalized spacial score (nSPS) is 12.8. The van der Waals surface area contributed by atoms with E-state index in [2.05, 4.69) is 30.9 Å². The van der Waals surface area contributed by atoms with Crippen molar-refractivity contribution in [3.05, 3.63) is 42.2 Å². The summed E-state index contributed by atoms with van der Waals surface area (Å²) in [6.45, 7) is 3.09. The van der Waals surface area contributed by atoms with Gasteiger partial charge in [-0.05, 0) is 25.1 Å². The Kier molecular flexibility index (Phi) is 8.51. The molecule has 0 amide bonds. The third kappa shape index (κ3) is 7.64. The topological polar surface area (TPSA) is 92.7 Å². The minimum atomic E-state index is -4.51. The van der Waals surface area contributed by atoms with Crippen LogP contribution in [0.3, 0.4) is 0 Å². The second-order valence-electron chi connectivity index (χ2n) is 6.18. The highest BCUT2D eigenvalue weighted by molar-refractivity contribution is 5.79. The van der Waals surface area contributed by atoms with Crippen LogP contribution in [-0.4, -0.2) is 55.8 Å². The maximum absolute atomic E-state index is 12.7. The quantitative estimate of drug-likeness (QED) is 0.322. The van der Waals surface area contributed by atoms with Crippen molar-refractivity contribution in [3.8, 4) is 11.5 Å². The van der Waals surface area contributed by atoms with Gasteiger partial charge in [-0.25, -0.2) is 9.97 Å². The first-order chi connectivity index (χ1) is 14.3. The second kappa shape index (κ2) is 11.1. The van der Waals surface area contributed by atoms with Crippen LogP contribution in [0, 0.1) is 0 Å². The Hall–Kier alpha value is -3.24. The van der Waals surface area contributed by atoms with Crippen molar-refractivity contribution in [1.82, 2.24) is 20.6 Å². The van der Waals surface area contributed by atoms with Crippen LogP contribution in [0.1, 0.15) is 12.6 Å². The highest BCUT2D eigenvalue weighted by Crippen LogP contribution is 2.27. The van der Waals surface area contributed by atoms with Gasteiger partial charge in [0.1, 0.15) is 23.3 Å². The molecule has 0 aliphatic rings. The molecule has 0 fully saturated rings. The molecular formula is C19H25F3N6O2. The Morgan fingerprint density at radius 1 is 1.17 bits per heavy atom. The van der Waals surface area contributed by atoms with Crippen molar-refractivity contribution < 1.29 is 22.6 Å². The fourth-order valence-electron chi connectivity index (χ4n) is 2.37. The average Bonchev–Trinajstić information content (AvgIpc) is 2.73. The Bertz CT molecular complexity index is 832. The van der Waals surface area contributed by atoms with Gasteiger partial charge in [-0.3, -0.25) is 4.99 Å². The molecule has 0 saturated heterocycles. The first kappa shape index (κ1) is 23.0. The first-order valence-corrected chi connectivity index (χ1v) is 9.21. The maximum Gasteiger partial charge on any atom is 0.433 e. The molecule has 0 aliphatic heterocycles. The molecule has 30 heavy (non-hydrogen) atoms. The number of aliphatic imine (C=N–C) groups is 1. The van der Waals surface area contributed by atoms with Gasteiger partial charge < -0.3 is 25.4 Å². The largest absolute Gasteiger partial charge is 0.497 e. The molecule has 11 heteroatoms. The average molecular weight is 426 g/mol. The number of ether oxygens (including phenoxy) is 2. The van der Waals surface area contributed by atoms with Crippen LogP contribution < -0.4 is 25.4 Å². The number of guanidine groups is 1. The van der Waals surface area contributed by atoms with E-state index in [4.69, 9.17) is 9.47 Å². The van der Waals surface area contributed by atoms with Crippen LogP contribution in [0.2, 0.25) is 0 Å². The molecule has 1 unspecified atom stereocenters. The first-order valence-electron chi connectivity index (χ1n) is 9.21. The smallest absolute Gasteiger partial charge is 0.433 e. The Morgan fingerprint density at radius 2 is 1.93 bits per heavy atom. The van der Waals surface area contributed by atoms with E-state index < -0.39 is 11.9 Å². The summed E-state index contributed by atoms with van der Waals surface area (Å²) < 4.78 is 49.0. The van der Waals surface area contributed by atoms with E-state index in [0.29, 0.717) is 37.1 Å². The predicted octanol–water partition coefficient (Wildman–Crippen LogP) is 2.55. The van der Waals surface area contributed by atoms with Crippen LogP contribution in [0.25, 0.3) is 0 Å². The van der Waals surface area contributed by atoms with E-state index >= 15 is 0 Å². The molecule has 2 rings (SSSR count). The van der Waals surface area contributed by atoms with Crippen molar-refractivity contribution in [3.63, 3.8) is 0 Å². The minimum absolute atomic E-state index is 0.0881. The molecule has 3 N–H and O–H groups in total. The van der Waals surface area contributed by atoms with Gasteiger partial charge in [0, 0.05) is 32.4 Å². The highest BCUT2D eigenvalue weighted by Gasteiger charge is 2.32. The number of hydrogen-bond acceptors (Lipinski definition) is 6. The summed E-state index contributed by atoms with van der Waals surface area (Å²) in [6, 6.07) is 8.14. The molecule has 1 heterocycles. The number of alkyl halides is 3. The summed E-state index contributed by atoms with van der Waals surface area (Å²) in [5, 5.41) is 8.91. The summed E-state index contributed by atoms with van der Waals surface area (Å²) in [4.78, 5) is 11.3. The lowest BCUT2D eigenvalue weighted by molar-refractivity contribution is -0.141. The molecule has 0 saturated carbocycles. The standard InChI is InChI=1S/C19H25F3N6O2/c1-13(30-15-6-4-5-14(11-15)29-3)12-27-17(23-2)25-9-10-26-18-24-8-7-16(28-18)19(20,21)22/h4-8,11,13H,9-10,12H2,1-3H3,(H2,23,25,27)(H,24,26,28). The number of halogens is 3. The zero-order valence-electron chi connectivity index (χ0n) is 17.0. The summed E-state index contributed by atoms with van der Waals surface area (Å²) in [7, 11) is 3.21. The third-order valence-electron chi connectivity index (χ3n) is 3.81. The van der Waals surface area contributed by atoms with E-state index in [0.717, 1.165) is 12.3 Å². The molecule has 2 aromatic rings. The molecule has 164 valence electrons. The molecule has 0 spiro atoms. The lowest BCUT2D eigenvalue weighted by Crippen LogP contribution is -2.43. The summed E-state index contributed by atoms with van der Waals surface area (Å²) in [5.74, 6) is 1.84. The number of benzene rings is 1. The van der Waals surface area contributed by atoms with E-state index in [1.54, 1.807) is 20.2 Å². The molecule has 0 aliphatic carbocycles. The lowest BCUT2D eigenvalue weighted by Gasteiger charge is -2.18. The lowest BCUT2D eigenvalue weighted by atomic mass is 10.3. The van der Waals surface area contributed by atoms with Gasteiger partial charge in [0.2, 0.25) is 5.95 Å². The Morgan fingerprint density at radius 3 is 2.63 bits per heavy atom. The highest BCUT2D eigenvalue weighted by atomic mass is 19.4. The van der Waals surface area contributed by atoms with Gasteiger partial charge >= 0.3 is 6.18 Å². The molecule has 8 nitrogen and oxygen atoms in total. The van der Waals surface area contributed by atoms with E-state index in [1.165, 1.54) is 0 Å². The number of anilines is 1. The molecule has 1 aromatic heterocycles. The van der Waals surface area contributed by atoms with Gasteiger partial charge in [0.05, 0.1) is 13.7 Å². The maximum atomic E-state index is 12.7. The van der Waals surface area contributed by atoms with Crippen molar-refractivity contribution in [2.75, 3.05) is 39.1 Å². The van der Waals surface area contributed by atoms with Crippen LogP contribution >= 0.6 is 0 Å². The third-order valence-corrected chi connectivity index (χ3v) is 3.81. The fourth-order valence-corrected chi connectivity index (χ4v) is 2.37. The predicted molar refractivity (Wildman–Crippen MR) is 108 cm³/mol. The van der Waals surface area contributed by atoms with Crippen LogP contribution in [-0.2, 0) is 6.18 Å². The number of hydrogen-bond donors (Lipinski definition) is 3. The molecule has 1 atom stereocenters. The number of nitrogens with zero attached hydrogens (tertiary/aromatic N) is 3. The Balaban J connectivity index is 1.72. The molecule has 0 radical (unpaired) electrons. The van der Waals surface area contributed by atoms with E-state index in [9.17, 15) is 13.2 Å². The van der Waals surface area contributed by atoms with Gasteiger partial charge in [-0.15, -0.1) is 0 Å². The zero-order chi connectivity index (χ0) is 22.0. The number of methoxy groups -OCH3 is 1. The number of rotatable bonds is 9. The minimum Gasteiger partial charge on any atom is -0.497 e. The fraction of sp³-hybridized carbons (Fsp3) is 0.421. The van der Waals surface area contributed by atoms with Crippen molar-refractivity contribution in [1.29, 1.82) is 0 Å². The summed E-state index contributed by atoms with van der Waals surface area (Å²) in [5.41, 5.74) is -0.990. The van der Waals surface area contributed by atoms with Crippen molar-refractivity contribution >= 4 is 11.9 Å². The number of nitrogens with one attached hydrogen (secondary N) is 3. The molecule has 1 aromatic carbocycles. The molecular weight excluding hydrogens is 401 g/mol. The SMILES string of the molecule is CN=C(NCCNc1nccc(C(F)(F)F)n1)NCC(C)Oc1cccc(OC)c1. The second-order valence-corrected chi connectivity index (χ2v) is 6.18.